The number of nitro benzene ring substituents is 1. The van der Waals surface area contributed by atoms with Gasteiger partial charge in [-0.1, -0.05) is 26.0 Å². The molecule has 1 saturated heterocycles. The molecule has 0 saturated carbocycles. The summed E-state index contributed by atoms with van der Waals surface area (Å²) in [7, 11) is 0. The summed E-state index contributed by atoms with van der Waals surface area (Å²) in [6.07, 6.45) is 3.57. The normalized spacial score (nSPS) is 16.7. The Morgan fingerprint density at radius 3 is 2.48 bits per heavy atom. The number of hydrogen-bond donors (Lipinski definition) is 1. The van der Waals surface area contributed by atoms with E-state index in [1.165, 1.54) is 6.07 Å². The molecule has 1 aromatic carbocycles. The molecule has 25 heavy (non-hydrogen) atoms. The van der Waals surface area contributed by atoms with Gasteiger partial charge in [-0.25, -0.2) is 0 Å². The molecule has 138 valence electrons. The number of amides is 1. The highest BCUT2D eigenvalue weighted by Gasteiger charge is 2.28. The van der Waals surface area contributed by atoms with E-state index in [9.17, 15) is 14.9 Å². The third-order valence-electron chi connectivity index (χ3n) is 4.85. The predicted molar refractivity (Wildman–Crippen MR) is 99.7 cm³/mol. The molecule has 1 aliphatic heterocycles. The fourth-order valence-corrected chi connectivity index (χ4v) is 3.28. The molecular formula is C19H29N3O3. The molecule has 2 rings (SSSR count). The summed E-state index contributed by atoms with van der Waals surface area (Å²) < 4.78 is 0. The maximum absolute atomic E-state index is 12.4. The molecule has 1 unspecified atom stereocenters. The van der Waals surface area contributed by atoms with Crippen molar-refractivity contribution >= 4 is 17.3 Å². The maximum atomic E-state index is 12.4. The number of carbonyl (C=O) groups excluding carboxylic acids is 1. The summed E-state index contributed by atoms with van der Waals surface area (Å²) in [5, 5.41) is 14.3. The van der Waals surface area contributed by atoms with Crippen LogP contribution in [0, 0.1) is 22.0 Å². The average Bonchev–Trinajstić information content (AvgIpc) is 2.60. The van der Waals surface area contributed by atoms with Gasteiger partial charge < -0.3 is 10.2 Å². The lowest BCUT2D eigenvalue weighted by Gasteiger charge is -2.33. The number of rotatable bonds is 7. The van der Waals surface area contributed by atoms with Crippen LogP contribution in [0.1, 0.15) is 46.5 Å². The Balaban J connectivity index is 1.87. The van der Waals surface area contributed by atoms with E-state index in [2.05, 4.69) is 26.1 Å². The van der Waals surface area contributed by atoms with Crippen LogP contribution in [0.15, 0.2) is 24.3 Å². The Hall–Kier alpha value is -2.11. The topological polar surface area (TPSA) is 75.5 Å². The second-order valence-electron chi connectivity index (χ2n) is 7.39. The highest BCUT2D eigenvalue weighted by molar-refractivity contribution is 5.79. The van der Waals surface area contributed by atoms with Gasteiger partial charge in [-0.15, -0.1) is 0 Å². The van der Waals surface area contributed by atoms with Crippen molar-refractivity contribution in [3.8, 4) is 0 Å². The Labute approximate surface area is 149 Å². The number of carbonyl (C=O) groups is 1. The van der Waals surface area contributed by atoms with Crippen LogP contribution in [0.25, 0.3) is 0 Å². The zero-order valence-electron chi connectivity index (χ0n) is 15.4. The van der Waals surface area contributed by atoms with Gasteiger partial charge in [-0.05, 0) is 44.6 Å². The highest BCUT2D eigenvalue weighted by Crippen LogP contribution is 2.31. The highest BCUT2D eigenvalue weighted by atomic mass is 16.6. The SMILES string of the molecule is CC(C)CCC(C)NC(=O)C1CCN(c2ccccc2[N+](=O)[O-])CC1. The van der Waals surface area contributed by atoms with Crippen LogP contribution in [0.5, 0.6) is 0 Å². The Bertz CT molecular complexity index is 595. The molecule has 1 N–H and O–H groups in total. The van der Waals surface area contributed by atoms with E-state index in [0.29, 0.717) is 24.7 Å². The number of anilines is 1. The minimum absolute atomic E-state index is 0.000480. The van der Waals surface area contributed by atoms with E-state index in [4.69, 9.17) is 0 Å². The Morgan fingerprint density at radius 2 is 1.88 bits per heavy atom. The molecule has 6 heteroatoms. The number of piperidine rings is 1. The number of hydrogen-bond acceptors (Lipinski definition) is 4. The van der Waals surface area contributed by atoms with E-state index in [-0.39, 0.29) is 28.5 Å². The summed E-state index contributed by atoms with van der Waals surface area (Å²) in [6.45, 7) is 7.77. The first-order chi connectivity index (χ1) is 11.9. The Morgan fingerprint density at radius 1 is 1.24 bits per heavy atom. The van der Waals surface area contributed by atoms with Crippen molar-refractivity contribution in [3.63, 3.8) is 0 Å². The lowest BCUT2D eigenvalue weighted by molar-refractivity contribution is -0.384. The molecule has 0 spiro atoms. The molecule has 0 bridgehead atoms. The largest absolute Gasteiger partial charge is 0.366 e. The molecular weight excluding hydrogens is 318 g/mol. The monoisotopic (exact) mass is 347 g/mol. The van der Waals surface area contributed by atoms with Gasteiger partial charge in [0.1, 0.15) is 5.69 Å². The molecule has 1 aromatic rings. The first-order valence-electron chi connectivity index (χ1n) is 9.17. The number of nitrogens with zero attached hydrogens (tertiary/aromatic N) is 2. The van der Waals surface area contributed by atoms with Gasteiger partial charge in [0.05, 0.1) is 4.92 Å². The quantitative estimate of drug-likeness (QED) is 0.602. The summed E-state index contributed by atoms with van der Waals surface area (Å²) >= 11 is 0. The summed E-state index contributed by atoms with van der Waals surface area (Å²) in [6, 6.07) is 7.01. The van der Waals surface area contributed by atoms with Gasteiger partial charge in [-0.3, -0.25) is 14.9 Å². The third-order valence-corrected chi connectivity index (χ3v) is 4.85. The van der Waals surface area contributed by atoms with Gasteiger partial charge >= 0.3 is 0 Å². The number of nitrogens with one attached hydrogen (secondary N) is 1. The second-order valence-corrected chi connectivity index (χ2v) is 7.39. The van der Waals surface area contributed by atoms with Crippen LogP contribution in [0.2, 0.25) is 0 Å². The van der Waals surface area contributed by atoms with Crippen molar-refractivity contribution < 1.29 is 9.72 Å². The predicted octanol–water partition coefficient (Wildman–Crippen LogP) is 3.75. The second kappa shape index (κ2) is 8.83. The van der Waals surface area contributed by atoms with Crippen LogP contribution in [0.4, 0.5) is 11.4 Å². The minimum atomic E-state index is -0.343. The van der Waals surface area contributed by atoms with Crippen LogP contribution >= 0.6 is 0 Å². The maximum Gasteiger partial charge on any atom is 0.292 e. The standard InChI is InChI=1S/C19H29N3O3/c1-14(2)8-9-15(3)20-19(23)16-10-12-21(13-11-16)17-6-4-5-7-18(17)22(24)25/h4-7,14-16H,8-13H2,1-3H3,(H,20,23). The van der Waals surface area contributed by atoms with Gasteiger partial charge in [0, 0.05) is 31.1 Å². The smallest absolute Gasteiger partial charge is 0.292 e. The van der Waals surface area contributed by atoms with Crippen molar-refractivity contribution in [3.05, 3.63) is 34.4 Å². The fourth-order valence-electron chi connectivity index (χ4n) is 3.28. The molecule has 0 radical (unpaired) electrons. The molecule has 1 fully saturated rings. The molecule has 1 atom stereocenters. The van der Waals surface area contributed by atoms with Gasteiger partial charge in [0.15, 0.2) is 0 Å². The number of para-hydroxylation sites is 2. The molecule has 0 aliphatic carbocycles. The van der Waals surface area contributed by atoms with Crippen molar-refractivity contribution in [2.45, 2.75) is 52.5 Å². The van der Waals surface area contributed by atoms with E-state index in [1.807, 2.05) is 11.0 Å². The van der Waals surface area contributed by atoms with Crippen molar-refractivity contribution in [2.24, 2.45) is 11.8 Å². The van der Waals surface area contributed by atoms with Gasteiger partial charge in [-0.2, -0.15) is 0 Å². The van der Waals surface area contributed by atoms with Crippen LogP contribution < -0.4 is 10.2 Å². The minimum Gasteiger partial charge on any atom is -0.366 e. The summed E-state index contributed by atoms with van der Waals surface area (Å²) in [5.74, 6) is 0.767. The van der Waals surface area contributed by atoms with E-state index >= 15 is 0 Å². The molecule has 6 nitrogen and oxygen atoms in total. The first-order valence-corrected chi connectivity index (χ1v) is 9.17. The van der Waals surface area contributed by atoms with Crippen LogP contribution in [-0.2, 0) is 4.79 Å². The third kappa shape index (κ3) is 5.44. The van der Waals surface area contributed by atoms with Crippen molar-refractivity contribution in [1.82, 2.24) is 5.32 Å². The number of nitro groups is 1. The zero-order valence-corrected chi connectivity index (χ0v) is 15.4. The molecule has 1 aliphatic rings. The van der Waals surface area contributed by atoms with Crippen molar-refractivity contribution in [1.29, 1.82) is 0 Å². The first kappa shape index (κ1) is 19.2. The summed E-state index contributed by atoms with van der Waals surface area (Å²) in [5.41, 5.74) is 0.782. The molecule has 0 aromatic heterocycles. The number of benzene rings is 1. The van der Waals surface area contributed by atoms with Gasteiger partial charge in [0.2, 0.25) is 5.91 Å². The van der Waals surface area contributed by atoms with Crippen LogP contribution in [0.3, 0.4) is 0 Å². The molecule has 1 amide bonds. The summed E-state index contributed by atoms with van der Waals surface area (Å²) in [4.78, 5) is 25.3. The Kier molecular flexibility index (Phi) is 6.79. The zero-order chi connectivity index (χ0) is 18.4. The molecule has 1 heterocycles. The fraction of sp³-hybridized carbons (Fsp3) is 0.632. The van der Waals surface area contributed by atoms with E-state index in [0.717, 1.165) is 25.7 Å². The van der Waals surface area contributed by atoms with Crippen molar-refractivity contribution in [2.75, 3.05) is 18.0 Å². The average molecular weight is 347 g/mol. The van der Waals surface area contributed by atoms with Gasteiger partial charge in [0.25, 0.3) is 5.69 Å². The van der Waals surface area contributed by atoms with E-state index in [1.54, 1.807) is 12.1 Å². The lowest BCUT2D eigenvalue weighted by atomic mass is 9.94. The lowest BCUT2D eigenvalue weighted by Crippen LogP contribution is -2.43. The van der Waals surface area contributed by atoms with E-state index < -0.39 is 0 Å². The van der Waals surface area contributed by atoms with Crippen LogP contribution in [-0.4, -0.2) is 30.0 Å².